The largest absolute Gasteiger partial charge is 0.382 e. The molecule has 2 N–H and O–H groups in total. The zero-order valence-corrected chi connectivity index (χ0v) is 20.7. The lowest BCUT2D eigenvalue weighted by molar-refractivity contribution is 0.0729. The summed E-state index contributed by atoms with van der Waals surface area (Å²) in [4.78, 5) is 13.5. The Morgan fingerprint density at radius 3 is 2.47 bits per heavy atom. The maximum Gasteiger partial charge on any atom is 0.251 e. The Bertz CT molecular complexity index is 980. The van der Waals surface area contributed by atoms with E-state index in [2.05, 4.69) is 31.4 Å². The number of carbonyl (C=O) groups is 1. The Morgan fingerprint density at radius 2 is 1.88 bits per heavy atom. The predicted octanol–water partition coefficient (Wildman–Crippen LogP) is 3.47. The quantitative estimate of drug-likeness (QED) is 0.675. The fraction of sp³-hybridized carbons (Fsp3) is 0.708. The number of rotatable bonds is 6. The average Bonchev–Trinajstić information content (AvgIpc) is 3.22. The lowest BCUT2D eigenvalue weighted by Gasteiger charge is -2.43. The number of amides is 1. The van der Waals surface area contributed by atoms with E-state index in [4.69, 9.17) is 4.74 Å². The summed E-state index contributed by atoms with van der Waals surface area (Å²) < 4.78 is 33.7. The molecular weight excluding hydrogens is 426 g/mol. The van der Waals surface area contributed by atoms with Gasteiger partial charge in [0.15, 0.2) is 0 Å². The highest BCUT2D eigenvalue weighted by atomic mass is 32.2. The molecule has 2 bridgehead atoms. The van der Waals surface area contributed by atoms with E-state index in [0.29, 0.717) is 43.5 Å². The zero-order valence-electron chi connectivity index (χ0n) is 19.9. The number of fused-ring (bicyclic) bond motifs is 2. The summed E-state index contributed by atoms with van der Waals surface area (Å²) in [6.45, 7) is 12.1. The van der Waals surface area contributed by atoms with Gasteiger partial charge < -0.3 is 15.4 Å². The molecule has 3 unspecified atom stereocenters. The van der Waals surface area contributed by atoms with Crippen molar-refractivity contribution in [3.05, 3.63) is 23.8 Å². The number of carbonyl (C=O) groups excluding carboxylic acids is 1. The molecule has 3 aliphatic rings. The molecule has 1 saturated heterocycles. The number of morpholine rings is 1. The predicted molar refractivity (Wildman–Crippen MR) is 125 cm³/mol. The summed E-state index contributed by atoms with van der Waals surface area (Å²) >= 11 is 0. The minimum Gasteiger partial charge on any atom is -0.382 e. The van der Waals surface area contributed by atoms with Gasteiger partial charge in [-0.25, -0.2) is 8.42 Å². The lowest BCUT2D eigenvalue weighted by Crippen LogP contribution is -2.52. The third-order valence-electron chi connectivity index (χ3n) is 7.82. The van der Waals surface area contributed by atoms with Crippen molar-refractivity contribution >= 4 is 21.6 Å². The van der Waals surface area contributed by atoms with Crippen LogP contribution in [0.25, 0.3) is 0 Å². The molecule has 1 heterocycles. The number of sulfonamides is 1. The molecule has 7 nitrogen and oxygen atoms in total. The molecule has 178 valence electrons. The van der Waals surface area contributed by atoms with Crippen molar-refractivity contribution in [1.29, 1.82) is 0 Å². The van der Waals surface area contributed by atoms with E-state index in [1.54, 1.807) is 12.1 Å². The average molecular weight is 464 g/mol. The fourth-order valence-corrected chi connectivity index (χ4v) is 7.70. The van der Waals surface area contributed by atoms with Gasteiger partial charge in [-0.1, -0.05) is 20.8 Å². The molecule has 0 spiro atoms. The number of anilines is 1. The van der Waals surface area contributed by atoms with E-state index in [1.165, 1.54) is 16.8 Å². The topological polar surface area (TPSA) is 87.7 Å². The standard InChI is InChI=1S/C24H37N3O4S/c1-16(2)25-19-7-6-17(14-20(19)32(29,30)27-10-12-31-13-11-27)21(28)26-22-23(3,4)18-8-9-24(22,5)15-18/h6-7,14,16,18,22,25H,8-13,15H2,1-5H3,(H,26,28). The van der Waals surface area contributed by atoms with Crippen LogP contribution in [0.5, 0.6) is 0 Å². The van der Waals surface area contributed by atoms with E-state index < -0.39 is 10.0 Å². The highest BCUT2D eigenvalue weighted by Crippen LogP contribution is 2.62. The first kappa shape index (κ1) is 23.5. The van der Waals surface area contributed by atoms with Crippen LogP contribution in [0.4, 0.5) is 5.69 Å². The first-order valence-electron chi connectivity index (χ1n) is 11.7. The van der Waals surface area contributed by atoms with Crippen LogP contribution in [-0.4, -0.2) is 57.0 Å². The summed E-state index contributed by atoms with van der Waals surface area (Å²) in [6.07, 6.45) is 3.48. The van der Waals surface area contributed by atoms with E-state index in [9.17, 15) is 13.2 Å². The highest BCUT2D eigenvalue weighted by Gasteiger charge is 2.59. The zero-order chi connectivity index (χ0) is 23.3. The summed E-state index contributed by atoms with van der Waals surface area (Å²) in [7, 11) is -3.75. The highest BCUT2D eigenvalue weighted by molar-refractivity contribution is 7.89. The van der Waals surface area contributed by atoms with Gasteiger partial charge in [0.25, 0.3) is 5.91 Å². The molecule has 2 aliphatic carbocycles. The Hall–Kier alpha value is -1.64. The molecule has 8 heteroatoms. The molecule has 1 amide bonds. The van der Waals surface area contributed by atoms with E-state index in [-0.39, 0.29) is 33.7 Å². The molecular formula is C24H37N3O4S. The number of hydrogen-bond donors (Lipinski definition) is 2. The number of nitrogens with zero attached hydrogens (tertiary/aromatic N) is 1. The van der Waals surface area contributed by atoms with Gasteiger partial charge in [0.1, 0.15) is 4.90 Å². The van der Waals surface area contributed by atoms with Crippen LogP contribution in [-0.2, 0) is 14.8 Å². The maximum absolute atomic E-state index is 13.5. The van der Waals surface area contributed by atoms with Crippen LogP contribution in [0.15, 0.2) is 23.1 Å². The second-order valence-electron chi connectivity index (χ2n) is 10.8. The Morgan fingerprint density at radius 1 is 1.19 bits per heavy atom. The normalized spacial score (nSPS) is 29.9. The first-order chi connectivity index (χ1) is 14.9. The van der Waals surface area contributed by atoms with Crippen LogP contribution in [0, 0.1) is 16.7 Å². The molecule has 2 saturated carbocycles. The van der Waals surface area contributed by atoms with Gasteiger partial charge in [0.2, 0.25) is 10.0 Å². The summed E-state index contributed by atoms with van der Waals surface area (Å²) in [5.41, 5.74) is 1.04. The molecule has 1 aliphatic heterocycles. The number of benzene rings is 1. The summed E-state index contributed by atoms with van der Waals surface area (Å²) in [6, 6.07) is 5.11. The van der Waals surface area contributed by atoms with Crippen molar-refractivity contribution in [2.45, 2.75) is 70.9 Å². The second kappa shape index (κ2) is 8.29. The minimum atomic E-state index is -3.75. The third kappa shape index (κ3) is 4.05. The van der Waals surface area contributed by atoms with Crippen LogP contribution in [0.1, 0.15) is 64.2 Å². The van der Waals surface area contributed by atoms with Gasteiger partial charge in [-0.15, -0.1) is 0 Å². The minimum absolute atomic E-state index is 0.0322. The molecule has 3 fully saturated rings. The molecule has 32 heavy (non-hydrogen) atoms. The Kier molecular flexibility index (Phi) is 6.09. The Labute approximate surface area is 192 Å². The van der Waals surface area contributed by atoms with Gasteiger partial charge in [-0.05, 0) is 68.1 Å². The monoisotopic (exact) mass is 463 g/mol. The van der Waals surface area contributed by atoms with Crippen molar-refractivity contribution < 1.29 is 17.9 Å². The maximum atomic E-state index is 13.5. The summed E-state index contributed by atoms with van der Waals surface area (Å²) in [5, 5.41) is 6.52. The molecule has 0 radical (unpaired) electrons. The lowest BCUT2D eigenvalue weighted by atomic mass is 9.68. The fourth-order valence-electron chi connectivity index (χ4n) is 6.11. The number of hydrogen-bond acceptors (Lipinski definition) is 5. The van der Waals surface area contributed by atoms with E-state index >= 15 is 0 Å². The van der Waals surface area contributed by atoms with Crippen molar-refractivity contribution in [3.8, 4) is 0 Å². The molecule has 0 aromatic heterocycles. The first-order valence-corrected chi connectivity index (χ1v) is 13.2. The third-order valence-corrected chi connectivity index (χ3v) is 9.76. The number of ether oxygens (including phenoxy) is 1. The summed E-state index contributed by atoms with van der Waals surface area (Å²) in [5.74, 6) is 0.416. The molecule has 1 aromatic carbocycles. The van der Waals surface area contributed by atoms with Crippen molar-refractivity contribution in [2.24, 2.45) is 16.7 Å². The van der Waals surface area contributed by atoms with Gasteiger partial charge in [0.05, 0.1) is 18.9 Å². The van der Waals surface area contributed by atoms with Gasteiger partial charge in [0, 0.05) is 30.7 Å². The van der Waals surface area contributed by atoms with Crippen LogP contribution in [0.2, 0.25) is 0 Å². The van der Waals surface area contributed by atoms with E-state index in [0.717, 1.165) is 12.8 Å². The van der Waals surface area contributed by atoms with Crippen LogP contribution >= 0.6 is 0 Å². The Balaban J connectivity index is 1.65. The second-order valence-corrected chi connectivity index (χ2v) is 12.8. The van der Waals surface area contributed by atoms with Crippen molar-refractivity contribution in [1.82, 2.24) is 9.62 Å². The molecule has 4 rings (SSSR count). The van der Waals surface area contributed by atoms with Gasteiger partial charge >= 0.3 is 0 Å². The van der Waals surface area contributed by atoms with Gasteiger partial charge in [-0.2, -0.15) is 4.31 Å². The van der Waals surface area contributed by atoms with Crippen molar-refractivity contribution in [2.75, 3.05) is 31.6 Å². The SMILES string of the molecule is CC(C)Nc1ccc(C(=O)NC2C3(C)CCC(C3)C2(C)C)cc1S(=O)(=O)N1CCOCC1. The van der Waals surface area contributed by atoms with Gasteiger partial charge in [-0.3, -0.25) is 4.79 Å². The molecule has 1 aromatic rings. The molecule has 3 atom stereocenters. The van der Waals surface area contributed by atoms with E-state index in [1.807, 2.05) is 13.8 Å². The van der Waals surface area contributed by atoms with Crippen LogP contribution < -0.4 is 10.6 Å². The van der Waals surface area contributed by atoms with Crippen molar-refractivity contribution in [3.63, 3.8) is 0 Å². The van der Waals surface area contributed by atoms with Crippen LogP contribution in [0.3, 0.4) is 0 Å². The number of nitrogens with one attached hydrogen (secondary N) is 2. The smallest absolute Gasteiger partial charge is 0.251 e.